The van der Waals surface area contributed by atoms with E-state index >= 15 is 0 Å². The predicted molar refractivity (Wildman–Crippen MR) is 85.3 cm³/mol. The molecule has 0 amide bonds. The van der Waals surface area contributed by atoms with Crippen molar-refractivity contribution in [2.75, 3.05) is 6.54 Å². The van der Waals surface area contributed by atoms with Crippen LogP contribution in [0, 0.1) is 5.92 Å². The summed E-state index contributed by atoms with van der Waals surface area (Å²) in [4.78, 5) is 0. The lowest BCUT2D eigenvalue weighted by molar-refractivity contribution is 0.308. The molecule has 0 spiro atoms. The number of hydrogen-bond acceptors (Lipinski definition) is 1. The number of rotatable bonds is 4. The van der Waals surface area contributed by atoms with Gasteiger partial charge in [-0.3, -0.25) is 0 Å². The highest BCUT2D eigenvalue weighted by molar-refractivity contribution is 7.80. The highest BCUT2D eigenvalue weighted by atomic mass is 32.1. The zero-order chi connectivity index (χ0) is 13.5. The van der Waals surface area contributed by atoms with Gasteiger partial charge >= 0.3 is 0 Å². The average Bonchev–Trinajstić information content (AvgIpc) is 2.43. The molecule has 0 heterocycles. The third-order valence-electron chi connectivity index (χ3n) is 3.97. The minimum atomic E-state index is 0.561. The van der Waals surface area contributed by atoms with E-state index in [1.807, 2.05) is 6.07 Å². The standard InChI is InChI=1S/C16H24N2S/c1-13-7-5-6-10-15(13)18-16(19)17-12-11-14-8-3-2-4-9-14/h2-4,8-9,13,15H,5-7,10-12H2,1H3,(H2,17,18,19)/t13-,15-/m0/s1. The Hall–Kier alpha value is -1.09. The van der Waals surface area contributed by atoms with E-state index in [4.69, 9.17) is 12.2 Å². The molecule has 19 heavy (non-hydrogen) atoms. The first-order chi connectivity index (χ1) is 9.25. The first-order valence-electron chi connectivity index (χ1n) is 7.34. The van der Waals surface area contributed by atoms with Gasteiger partial charge in [0.15, 0.2) is 5.11 Å². The van der Waals surface area contributed by atoms with Crippen LogP contribution in [0.2, 0.25) is 0 Å². The topological polar surface area (TPSA) is 24.1 Å². The van der Waals surface area contributed by atoms with Gasteiger partial charge in [0.2, 0.25) is 0 Å². The molecule has 0 bridgehead atoms. The molecular formula is C16H24N2S. The summed E-state index contributed by atoms with van der Waals surface area (Å²) in [5.41, 5.74) is 1.35. The fourth-order valence-corrected chi connectivity index (χ4v) is 2.97. The molecule has 104 valence electrons. The van der Waals surface area contributed by atoms with E-state index in [1.54, 1.807) is 0 Å². The fourth-order valence-electron chi connectivity index (χ4n) is 2.72. The first-order valence-corrected chi connectivity index (χ1v) is 7.75. The number of nitrogens with one attached hydrogen (secondary N) is 2. The van der Waals surface area contributed by atoms with Gasteiger partial charge in [-0.2, -0.15) is 0 Å². The number of thiocarbonyl (C=S) groups is 1. The second-order valence-electron chi connectivity index (χ2n) is 5.50. The Bertz CT molecular complexity index is 391. The van der Waals surface area contributed by atoms with Crippen LogP contribution in [0.1, 0.15) is 38.2 Å². The van der Waals surface area contributed by atoms with E-state index in [2.05, 4.69) is 41.8 Å². The van der Waals surface area contributed by atoms with Crippen molar-refractivity contribution in [3.63, 3.8) is 0 Å². The van der Waals surface area contributed by atoms with Gasteiger partial charge in [-0.05, 0) is 43.0 Å². The van der Waals surface area contributed by atoms with E-state index in [0.29, 0.717) is 6.04 Å². The lowest BCUT2D eigenvalue weighted by atomic mass is 9.86. The van der Waals surface area contributed by atoms with Crippen molar-refractivity contribution in [1.29, 1.82) is 0 Å². The third kappa shape index (κ3) is 4.83. The summed E-state index contributed by atoms with van der Waals surface area (Å²) < 4.78 is 0. The zero-order valence-electron chi connectivity index (χ0n) is 11.7. The van der Waals surface area contributed by atoms with Crippen molar-refractivity contribution >= 4 is 17.3 Å². The summed E-state index contributed by atoms with van der Waals surface area (Å²) in [7, 11) is 0. The quantitative estimate of drug-likeness (QED) is 0.825. The summed E-state index contributed by atoms with van der Waals surface area (Å²) in [6, 6.07) is 11.1. The Morgan fingerprint density at radius 2 is 1.95 bits per heavy atom. The summed E-state index contributed by atoms with van der Waals surface area (Å²) in [5.74, 6) is 0.739. The SMILES string of the molecule is C[C@H]1CCCC[C@@H]1NC(=S)NCCc1ccccc1. The molecule has 1 aliphatic carbocycles. The molecule has 1 fully saturated rings. The molecular weight excluding hydrogens is 252 g/mol. The van der Waals surface area contributed by atoms with Crippen LogP contribution in [-0.4, -0.2) is 17.7 Å². The van der Waals surface area contributed by atoms with Crippen LogP contribution in [0.4, 0.5) is 0 Å². The van der Waals surface area contributed by atoms with E-state index in [9.17, 15) is 0 Å². The van der Waals surface area contributed by atoms with Gasteiger partial charge in [0.25, 0.3) is 0 Å². The van der Waals surface area contributed by atoms with Gasteiger partial charge in [0, 0.05) is 12.6 Å². The molecule has 1 aromatic rings. The molecule has 0 radical (unpaired) electrons. The van der Waals surface area contributed by atoms with E-state index in [0.717, 1.165) is 24.0 Å². The maximum atomic E-state index is 5.38. The second-order valence-corrected chi connectivity index (χ2v) is 5.91. The third-order valence-corrected chi connectivity index (χ3v) is 4.23. The maximum absolute atomic E-state index is 5.38. The largest absolute Gasteiger partial charge is 0.362 e. The minimum absolute atomic E-state index is 0.561. The van der Waals surface area contributed by atoms with Crippen molar-refractivity contribution in [2.24, 2.45) is 5.92 Å². The summed E-state index contributed by atoms with van der Waals surface area (Å²) in [6.45, 7) is 3.22. The monoisotopic (exact) mass is 276 g/mol. The van der Waals surface area contributed by atoms with Crippen LogP contribution < -0.4 is 10.6 Å². The Morgan fingerprint density at radius 1 is 1.21 bits per heavy atom. The van der Waals surface area contributed by atoms with Crippen molar-refractivity contribution in [3.8, 4) is 0 Å². The normalized spacial score (nSPS) is 22.8. The van der Waals surface area contributed by atoms with E-state index < -0.39 is 0 Å². The predicted octanol–water partition coefficient (Wildman–Crippen LogP) is 3.27. The van der Waals surface area contributed by atoms with Gasteiger partial charge in [0.05, 0.1) is 0 Å². The Kier molecular flexibility index (Phi) is 5.64. The smallest absolute Gasteiger partial charge is 0.166 e. The molecule has 1 saturated carbocycles. The van der Waals surface area contributed by atoms with Crippen molar-refractivity contribution in [1.82, 2.24) is 10.6 Å². The van der Waals surface area contributed by atoms with Gasteiger partial charge in [-0.25, -0.2) is 0 Å². The Labute approximate surface area is 122 Å². The maximum Gasteiger partial charge on any atom is 0.166 e. The number of benzene rings is 1. The molecule has 1 aliphatic rings. The lowest BCUT2D eigenvalue weighted by Gasteiger charge is -2.30. The molecule has 3 heteroatoms. The molecule has 1 aromatic carbocycles. The Morgan fingerprint density at radius 3 is 2.68 bits per heavy atom. The van der Waals surface area contributed by atoms with Crippen LogP contribution >= 0.6 is 12.2 Å². The fraction of sp³-hybridized carbons (Fsp3) is 0.562. The zero-order valence-corrected chi connectivity index (χ0v) is 12.5. The lowest BCUT2D eigenvalue weighted by Crippen LogP contribution is -2.46. The summed E-state index contributed by atoms with van der Waals surface area (Å²) >= 11 is 5.38. The van der Waals surface area contributed by atoms with Crippen molar-refractivity contribution in [3.05, 3.63) is 35.9 Å². The van der Waals surface area contributed by atoms with Crippen LogP contribution in [-0.2, 0) is 6.42 Å². The molecule has 2 rings (SSSR count). The second kappa shape index (κ2) is 7.49. The highest BCUT2D eigenvalue weighted by Crippen LogP contribution is 2.23. The van der Waals surface area contributed by atoms with Crippen LogP contribution in [0.25, 0.3) is 0 Å². The summed E-state index contributed by atoms with van der Waals surface area (Å²) in [5, 5.41) is 7.61. The minimum Gasteiger partial charge on any atom is -0.362 e. The van der Waals surface area contributed by atoms with Crippen LogP contribution in [0.5, 0.6) is 0 Å². The molecule has 2 N–H and O–H groups in total. The molecule has 0 saturated heterocycles. The molecule has 2 nitrogen and oxygen atoms in total. The van der Waals surface area contributed by atoms with Crippen molar-refractivity contribution < 1.29 is 0 Å². The Balaban J connectivity index is 1.67. The van der Waals surface area contributed by atoms with E-state index in [-0.39, 0.29) is 0 Å². The molecule has 0 aliphatic heterocycles. The van der Waals surface area contributed by atoms with Crippen LogP contribution in [0.15, 0.2) is 30.3 Å². The molecule has 2 atom stereocenters. The van der Waals surface area contributed by atoms with Gasteiger partial charge in [-0.1, -0.05) is 50.1 Å². The number of hydrogen-bond donors (Lipinski definition) is 2. The van der Waals surface area contributed by atoms with Crippen LogP contribution in [0.3, 0.4) is 0 Å². The van der Waals surface area contributed by atoms with Crippen molar-refractivity contribution in [2.45, 2.75) is 45.1 Å². The first kappa shape index (κ1) is 14.3. The molecule has 0 aromatic heterocycles. The summed E-state index contributed by atoms with van der Waals surface area (Å²) in [6.07, 6.45) is 6.29. The highest BCUT2D eigenvalue weighted by Gasteiger charge is 2.21. The van der Waals surface area contributed by atoms with Gasteiger partial charge < -0.3 is 10.6 Å². The molecule has 0 unspecified atom stereocenters. The van der Waals surface area contributed by atoms with Gasteiger partial charge in [-0.15, -0.1) is 0 Å². The average molecular weight is 276 g/mol. The van der Waals surface area contributed by atoms with Gasteiger partial charge in [0.1, 0.15) is 0 Å². The van der Waals surface area contributed by atoms with E-state index in [1.165, 1.54) is 31.2 Å².